The fourth-order valence-electron chi connectivity index (χ4n) is 4.91. The highest BCUT2D eigenvalue weighted by atomic mass is 32.1. The summed E-state index contributed by atoms with van der Waals surface area (Å²) in [6.45, 7) is 5.88. The molecule has 0 spiro atoms. The zero-order valence-corrected chi connectivity index (χ0v) is 20.9. The molecule has 0 saturated carbocycles. The van der Waals surface area contributed by atoms with Crippen LogP contribution in [0.2, 0.25) is 0 Å². The lowest BCUT2D eigenvalue weighted by Crippen LogP contribution is -2.42. The molecule has 1 aliphatic carbocycles. The molecule has 1 N–H and O–H groups in total. The molecular formula is C27H34FN3O2S. The number of aromatic nitrogens is 1. The van der Waals surface area contributed by atoms with Crippen LogP contribution < -0.4 is 5.32 Å². The van der Waals surface area contributed by atoms with E-state index in [9.17, 15) is 14.0 Å². The number of carbonyl (C=O) groups is 2. The van der Waals surface area contributed by atoms with Gasteiger partial charge in [-0.3, -0.25) is 9.59 Å². The van der Waals surface area contributed by atoms with Gasteiger partial charge in [0.05, 0.1) is 5.69 Å². The first-order valence-corrected chi connectivity index (χ1v) is 13.2. The summed E-state index contributed by atoms with van der Waals surface area (Å²) in [5.74, 6) is 0.0758. The smallest absolute Gasteiger partial charge is 0.265 e. The summed E-state index contributed by atoms with van der Waals surface area (Å²) in [6, 6.07) is 6.18. The van der Waals surface area contributed by atoms with Crippen molar-refractivity contribution in [2.45, 2.75) is 58.8 Å². The number of allylic oxidation sites excluding steroid dienone is 1. The maximum atomic E-state index is 13.2. The van der Waals surface area contributed by atoms with Crippen LogP contribution in [0.25, 0.3) is 10.6 Å². The third kappa shape index (κ3) is 5.93. The number of aryl methyl sites for hydroxylation is 1. The Morgan fingerprint density at radius 3 is 2.62 bits per heavy atom. The maximum Gasteiger partial charge on any atom is 0.265 e. The van der Waals surface area contributed by atoms with Gasteiger partial charge in [-0.1, -0.05) is 18.6 Å². The number of amides is 2. The molecule has 1 aliphatic heterocycles. The van der Waals surface area contributed by atoms with Crippen LogP contribution in [0, 0.1) is 24.6 Å². The molecular weight excluding hydrogens is 449 g/mol. The molecule has 34 heavy (non-hydrogen) atoms. The van der Waals surface area contributed by atoms with Crippen molar-refractivity contribution >= 4 is 23.2 Å². The molecule has 7 heteroatoms. The molecule has 1 aromatic heterocycles. The van der Waals surface area contributed by atoms with Crippen LogP contribution in [0.3, 0.4) is 0 Å². The Labute approximate surface area is 205 Å². The molecule has 2 amide bonds. The molecule has 5 nitrogen and oxygen atoms in total. The first-order valence-electron chi connectivity index (χ1n) is 12.4. The fourth-order valence-corrected chi connectivity index (χ4v) is 5.95. The molecule has 2 aliphatic rings. The summed E-state index contributed by atoms with van der Waals surface area (Å²) in [5, 5.41) is 3.85. The van der Waals surface area contributed by atoms with E-state index >= 15 is 0 Å². The molecule has 1 atom stereocenters. The highest BCUT2D eigenvalue weighted by molar-refractivity contribution is 7.17. The van der Waals surface area contributed by atoms with Gasteiger partial charge in [-0.15, -0.1) is 11.3 Å². The summed E-state index contributed by atoms with van der Waals surface area (Å²) < 4.78 is 13.2. The Hall–Kier alpha value is -2.54. The van der Waals surface area contributed by atoms with Crippen LogP contribution in [0.1, 0.15) is 67.2 Å². The van der Waals surface area contributed by atoms with Gasteiger partial charge in [-0.05, 0) is 82.1 Å². The molecule has 0 bridgehead atoms. The first kappa shape index (κ1) is 24.6. The Morgan fingerprint density at radius 1 is 1.21 bits per heavy atom. The maximum absolute atomic E-state index is 13.2. The Morgan fingerprint density at radius 2 is 1.94 bits per heavy atom. The lowest BCUT2D eigenvalue weighted by atomic mass is 9.84. The number of likely N-dealkylation sites (tertiary alicyclic amines) is 1. The number of nitrogens with zero attached hydrogens (tertiary/aromatic N) is 2. The minimum atomic E-state index is -0.291. The minimum Gasteiger partial charge on any atom is -0.356 e. The average molecular weight is 484 g/mol. The summed E-state index contributed by atoms with van der Waals surface area (Å²) in [7, 11) is 0. The summed E-state index contributed by atoms with van der Waals surface area (Å²) in [4.78, 5) is 32.9. The van der Waals surface area contributed by atoms with E-state index in [1.807, 2.05) is 18.7 Å². The van der Waals surface area contributed by atoms with Gasteiger partial charge in [0.2, 0.25) is 5.91 Å². The lowest BCUT2D eigenvalue weighted by Gasteiger charge is -2.34. The summed E-state index contributed by atoms with van der Waals surface area (Å²) in [5.41, 5.74) is 3.00. The Balaban J connectivity index is 1.27. The second kappa shape index (κ2) is 11.3. The highest BCUT2D eigenvalue weighted by Crippen LogP contribution is 2.31. The van der Waals surface area contributed by atoms with Crippen molar-refractivity contribution in [3.63, 3.8) is 0 Å². The predicted octanol–water partition coefficient (Wildman–Crippen LogP) is 5.75. The molecule has 182 valence electrons. The first-order chi connectivity index (χ1) is 16.4. The van der Waals surface area contributed by atoms with Gasteiger partial charge in [-0.2, -0.15) is 0 Å². The molecule has 1 saturated heterocycles. The number of hydrogen-bond donors (Lipinski definition) is 1. The highest BCUT2D eigenvalue weighted by Gasteiger charge is 2.31. The van der Waals surface area contributed by atoms with Crippen LogP contribution in [0.5, 0.6) is 0 Å². The van der Waals surface area contributed by atoms with Crippen molar-refractivity contribution in [3.05, 3.63) is 52.3 Å². The Bertz CT molecular complexity index is 1040. The van der Waals surface area contributed by atoms with Gasteiger partial charge in [0, 0.05) is 31.1 Å². The molecule has 0 unspecified atom stereocenters. The SMILES string of the molecule is Cc1nc(-c2ccc(F)cc2)sc1C(=O)N1CCC([C@H](C)C(=O)NCCC2=CCCCC2)CC1. The fraction of sp³-hybridized carbons (Fsp3) is 0.519. The van der Waals surface area contributed by atoms with Gasteiger partial charge in [0.1, 0.15) is 15.7 Å². The number of rotatable bonds is 7. The van der Waals surface area contributed by atoms with Crippen LogP contribution in [-0.4, -0.2) is 41.3 Å². The van der Waals surface area contributed by atoms with E-state index in [0.717, 1.165) is 29.8 Å². The number of carbonyl (C=O) groups excluding carboxylic acids is 2. The lowest BCUT2D eigenvalue weighted by molar-refractivity contribution is -0.126. The van der Waals surface area contributed by atoms with Crippen molar-refractivity contribution in [2.75, 3.05) is 19.6 Å². The summed E-state index contributed by atoms with van der Waals surface area (Å²) in [6.07, 6.45) is 9.84. The van der Waals surface area contributed by atoms with Crippen molar-refractivity contribution in [3.8, 4) is 10.6 Å². The quantitative estimate of drug-likeness (QED) is 0.510. The van der Waals surface area contributed by atoms with Crippen molar-refractivity contribution in [2.24, 2.45) is 11.8 Å². The van der Waals surface area contributed by atoms with E-state index in [0.29, 0.717) is 30.2 Å². The third-order valence-corrected chi connectivity index (χ3v) is 8.35. The van der Waals surface area contributed by atoms with Gasteiger partial charge in [0.15, 0.2) is 0 Å². The number of benzene rings is 1. The molecule has 2 aromatic rings. The van der Waals surface area contributed by atoms with Gasteiger partial charge < -0.3 is 10.2 Å². The molecule has 1 fully saturated rings. The van der Waals surface area contributed by atoms with E-state index in [2.05, 4.69) is 16.4 Å². The van der Waals surface area contributed by atoms with E-state index < -0.39 is 0 Å². The zero-order valence-electron chi connectivity index (χ0n) is 20.1. The molecule has 2 heterocycles. The number of piperidine rings is 1. The largest absolute Gasteiger partial charge is 0.356 e. The van der Waals surface area contributed by atoms with Gasteiger partial charge in [-0.25, -0.2) is 9.37 Å². The standard InChI is InChI=1S/C27H34FN3O2S/c1-18(25(32)29-15-12-20-6-4-3-5-7-20)21-13-16-31(17-14-21)27(33)24-19(2)30-26(34-24)22-8-10-23(28)11-9-22/h6,8-11,18,21H,3-5,7,12-17H2,1-2H3,(H,29,32)/t18-/m0/s1. The average Bonchev–Trinajstić information content (AvgIpc) is 3.25. The summed E-state index contributed by atoms with van der Waals surface area (Å²) >= 11 is 1.36. The van der Waals surface area contributed by atoms with Gasteiger partial charge >= 0.3 is 0 Å². The predicted molar refractivity (Wildman–Crippen MR) is 134 cm³/mol. The molecule has 4 rings (SSSR count). The second-order valence-electron chi connectivity index (χ2n) is 9.51. The van der Waals surface area contributed by atoms with Crippen molar-refractivity contribution < 1.29 is 14.0 Å². The zero-order chi connectivity index (χ0) is 24.1. The number of nitrogens with one attached hydrogen (secondary N) is 1. The van der Waals surface area contributed by atoms with E-state index in [4.69, 9.17) is 0 Å². The van der Waals surface area contributed by atoms with E-state index in [1.54, 1.807) is 12.1 Å². The van der Waals surface area contributed by atoms with Crippen LogP contribution in [-0.2, 0) is 4.79 Å². The topological polar surface area (TPSA) is 62.3 Å². The van der Waals surface area contributed by atoms with Crippen molar-refractivity contribution in [1.82, 2.24) is 15.2 Å². The molecule has 1 aromatic carbocycles. The third-order valence-electron chi connectivity index (χ3n) is 7.16. The van der Waals surface area contributed by atoms with E-state index in [1.165, 1.54) is 54.7 Å². The number of thiazole rings is 1. The number of halogens is 1. The van der Waals surface area contributed by atoms with Crippen molar-refractivity contribution in [1.29, 1.82) is 0 Å². The van der Waals surface area contributed by atoms with Gasteiger partial charge in [0.25, 0.3) is 5.91 Å². The Kier molecular flexibility index (Phi) is 8.14. The van der Waals surface area contributed by atoms with E-state index in [-0.39, 0.29) is 29.5 Å². The second-order valence-corrected chi connectivity index (χ2v) is 10.5. The van der Waals surface area contributed by atoms with Crippen LogP contribution in [0.4, 0.5) is 4.39 Å². The normalized spacial score (nSPS) is 17.9. The molecule has 0 radical (unpaired) electrons. The minimum absolute atomic E-state index is 0.000303. The van der Waals surface area contributed by atoms with Crippen LogP contribution >= 0.6 is 11.3 Å². The number of hydrogen-bond acceptors (Lipinski definition) is 4. The monoisotopic (exact) mass is 483 g/mol. The van der Waals surface area contributed by atoms with Crippen LogP contribution in [0.15, 0.2) is 35.9 Å².